The Morgan fingerprint density at radius 3 is 2.18 bits per heavy atom. The molecule has 0 aromatic heterocycles. The second-order valence-electron chi connectivity index (χ2n) is 6.15. The maximum atomic E-state index is 5.73. The summed E-state index contributed by atoms with van der Waals surface area (Å²) in [5, 5.41) is 0. The second kappa shape index (κ2) is 15.3. The van der Waals surface area contributed by atoms with Gasteiger partial charge < -0.3 is 9.47 Å². The maximum absolute atomic E-state index is 5.73. The monoisotopic (exact) mass is 308 g/mol. The highest BCUT2D eigenvalue weighted by Gasteiger charge is 2.12. The lowest BCUT2D eigenvalue weighted by Crippen LogP contribution is -2.22. The predicted molar refractivity (Wildman–Crippen MR) is 95.1 cm³/mol. The molecule has 0 N–H and O–H groups in total. The fourth-order valence-electron chi connectivity index (χ4n) is 2.64. The van der Waals surface area contributed by atoms with E-state index in [9.17, 15) is 0 Å². The molecule has 0 amide bonds. The van der Waals surface area contributed by atoms with Crippen LogP contribution in [-0.2, 0) is 9.47 Å². The Bertz CT molecular complexity index is 277. The van der Waals surface area contributed by atoms with Gasteiger partial charge in [-0.05, 0) is 70.6 Å². The van der Waals surface area contributed by atoms with Crippen molar-refractivity contribution in [3.05, 3.63) is 24.3 Å². The Morgan fingerprint density at radius 1 is 0.864 bits per heavy atom. The molecule has 1 aliphatic heterocycles. The van der Waals surface area contributed by atoms with Crippen LogP contribution >= 0.6 is 0 Å². The number of unbranched alkanes of at least 4 members (excludes halogenated alkanes) is 6. The molecule has 1 fully saturated rings. The lowest BCUT2D eigenvalue weighted by atomic mass is 10.1. The van der Waals surface area contributed by atoms with Gasteiger partial charge in [0.25, 0.3) is 0 Å². The Morgan fingerprint density at radius 2 is 1.55 bits per heavy atom. The minimum Gasteiger partial charge on any atom is -0.353 e. The lowest BCUT2D eigenvalue weighted by Gasteiger charge is -2.22. The minimum atomic E-state index is 0.0801. The molecule has 0 aliphatic carbocycles. The molecule has 2 nitrogen and oxygen atoms in total. The van der Waals surface area contributed by atoms with Crippen LogP contribution in [-0.4, -0.2) is 19.5 Å². The summed E-state index contributed by atoms with van der Waals surface area (Å²) in [7, 11) is 0. The van der Waals surface area contributed by atoms with Crippen molar-refractivity contribution in [3.8, 4) is 0 Å². The van der Waals surface area contributed by atoms with Crippen LogP contribution in [0.2, 0.25) is 0 Å². The van der Waals surface area contributed by atoms with Crippen molar-refractivity contribution < 1.29 is 9.47 Å². The van der Waals surface area contributed by atoms with Crippen LogP contribution in [0.3, 0.4) is 0 Å². The Hall–Kier alpha value is -0.600. The molecule has 0 saturated carbocycles. The van der Waals surface area contributed by atoms with Crippen molar-refractivity contribution in [1.29, 1.82) is 0 Å². The summed E-state index contributed by atoms with van der Waals surface area (Å²) in [5.74, 6) is 0. The van der Waals surface area contributed by atoms with Gasteiger partial charge in [-0.2, -0.15) is 0 Å². The molecule has 1 aliphatic rings. The van der Waals surface area contributed by atoms with Gasteiger partial charge in [-0.1, -0.05) is 37.6 Å². The topological polar surface area (TPSA) is 18.5 Å². The Kier molecular flexibility index (Phi) is 13.5. The smallest absolute Gasteiger partial charge is 0.157 e. The minimum absolute atomic E-state index is 0.0801. The normalized spacial score (nSPS) is 19.4. The van der Waals surface area contributed by atoms with Gasteiger partial charge >= 0.3 is 0 Å². The van der Waals surface area contributed by atoms with Crippen LogP contribution in [0.1, 0.15) is 84.0 Å². The molecular weight excluding hydrogens is 272 g/mol. The molecule has 22 heavy (non-hydrogen) atoms. The van der Waals surface area contributed by atoms with E-state index < -0.39 is 0 Å². The fraction of sp³-hybridized carbons (Fsp3) is 0.800. The van der Waals surface area contributed by atoms with Gasteiger partial charge in [0.1, 0.15) is 0 Å². The first-order valence-corrected chi connectivity index (χ1v) is 9.46. The molecule has 0 aromatic carbocycles. The molecule has 1 rings (SSSR count). The summed E-state index contributed by atoms with van der Waals surface area (Å²) in [4.78, 5) is 0. The molecular formula is C20H36O2. The van der Waals surface area contributed by atoms with Crippen molar-refractivity contribution in [2.24, 2.45) is 0 Å². The first-order valence-electron chi connectivity index (χ1n) is 9.46. The first-order chi connectivity index (χ1) is 10.9. The average Bonchev–Trinajstić information content (AvgIpc) is 2.56. The van der Waals surface area contributed by atoms with Gasteiger partial charge in [0.2, 0.25) is 0 Å². The van der Waals surface area contributed by atoms with E-state index in [1.54, 1.807) is 0 Å². The summed E-state index contributed by atoms with van der Waals surface area (Å²) < 4.78 is 11.3. The van der Waals surface area contributed by atoms with E-state index in [-0.39, 0.29) is 6.29 Å². The summed E-state index contributed by atoms with van der Waals surface area (Å²) in [6.07, 6.45) is 24.1. The van der Waals surface area contributed by atoms with Crippen LogP contribution in [0.25, 0.3) is 0 Å². The Balaban J connectivity index is 1.77. The zero-order valence-corrected chi connectivity index (χ0v) is 14.6. The quantitative estimate of drug-likeness (QED) is 0.299. The largest absolute Gasteiger partial charge is 0.353 e. The predicted octanol–water partition coefficient (Wildman–Crippen LogP) is 6.17. The van der Waals surface area contributed by atoms with Crippen LogP contribution in [0, 0.1) is 0 Å². The highest BCUT2D eigenvalue weighted by atomic mass is 16.7. The van der Waals surface area contributed by atoms with E-state index in [1.165, 1.54) is 64.2 Å². The summed E-state index contributed by atoms with van der Waals surface area (Å²) in [6, 6.07) is 0. The van der Waals surface area contributed by atoms with Gasteiger partial charge in [-0.3, -0.25) is 0 Å². The van der Waals surface area contributed by atoms with E-state index in [4.69, 9.17) is 9.47 Å². The fourth-order valence-corrected chi connectivity index (χ4v) is 2.64. The number of ether oxygens (including phenoxy) is 2. The first kappa shape index (κ1) is 19.4. The highest BCUT2D eigenvalue weighted by Crippen LogP contribution is 2.14. The number of allylic oxidation sites excluding steroid dienone is 4. The lowest BCUT2D eigenvalue weighted by molar-refractivity contribution is -0.162. The van der Waals surface area contributed by atoms with Gasteiger partial charge in [-0.25, -0.2) is 0 Å². The van der Waals surface area contributed by atoms with E-state index in [1.807, 2.05) is 0 Å². The molecule has 0 radical (unpaired) electrons. The maximum Gasteiger partial charge on any atom is 0.157 e. The van der Waals surface area contributed by atoms with E-state index in [0.717, 1.165) is 26.1 Å². The molecule has 0 aromatic rings. The molecule has 1 heterocycles. The zero-order chi connectivity index (χ0) is 15.7. The molecule has 1 unspecified atom stereocenters. The van der Waals surface area contributed by atoms with Gasteiger partial charge in [0, 0.05) is 13.2 Å². The van der Waals surface area contributed by atoms with Crippen molar-refractivity contribution in [2.75, 3.05) is 13.2 Å². The third kappa shape index (κ3) is 12.0. The molecule has 2 heteroatoms. The van der Waals surface area contributed by atoms with Crippen molar-refractivity contribution in [3.63, 3.8) is 0 Å². The van der Waals surface area contributed by atoms with Crippen molar-refractivity contribution in [2.45, 2.75) is 90.3 Å². The Labute approximate surface area is 138 Å². The van der Waals surface area contributed by atoms with E-state index >= 15 is 0 Å². The SMILES string of the molecule is CC/C=C/CCCCC/C=C/CCCCOC1CCCCO1. The third-order valence-electron chi connectivity index (χ3n) is 4.02. The van der Waals surface area contributed by atoms with E-state index in [2.05, 4.69) is 31.2 Å². The molecule has 1 atom stereocenters. The second-order valence-corrected chi connectivity index (χ2v) is 6.15. The van der Waals surface area contributed by atoms with Crippen molar-refractivity contribution >= 4 is 0 Å². The summed E-state index contributed by atoms with van der Waals surface area (Å²) in [6.45, 7) is 3.92. The third-order valence-corrected chi connectivity index (χ3v) is 4.02. The highest BCUT2D eigenvalue weighted by molar-refractivity contribution is 4.82. The van der Waals surface area contributed by atoms with Gasteiger partial charge in [0.15, 0.2) is 6.29 Å². The van der Waals surface area contributed by atoms with Crippen molar-refractivity contribution in [1.82, 2.24) is 0 Å². The number of hydrogen-bond acceptors (Lipinski definition) is 2. The van der Waals surface area contributed by atoms with Gasteiger partial charge in [0.05, 0.1) is 0 Å². The average molecular weight is 309 g/mol. The standard InChI is InChI=1S/C20H36O2/c1-2-3-4-5-6-7-8-9-10-11-12-13-15-18-21-20-17-14-16-19-22-20/h3-4,10-11,20H,2,5-9,12-19H2,1H3/b4-3+,11-10+. The van der Waals surface area contributed by atoms with Crippen LogP contribution < -0.4 is 0 Å². The number of rotatable bonds is 13. The van der Waals surface area contributed by atoms with Crippen LogP contribution in [0.5, 0.6) is 0 Å². The van der Waals surface area contributed by atoms with Crippen LogP contribution in [0.15, 0.2) is 24.3 Å². The zero-order valence-electron chi connectivity index (χ0n) is 14.6. The molecule has 0 spiro atoms. The molecule has 1 saturated heterocycles. The van der Waals surface area contributed by atoms with Gasteiger partial charge in [-0.15, -0.1) is 0 Å². The number of hydrogen-bond donors (Lipinski definition) is 0. The molecule has 128 valence electrons. The summed E-state index contributed by atoms with van der Waals surface area (Å²) >= 11 is 0. The molecule has 0 bridgehead atoms. The van der Waals surface area contributed by atoms with Crippen LogP contribution in [0.4, 0.5) is 0 Å². The van der Waals surface area contributed by atoms with E-state index in [0.29, 0.717) is 0 Å². The summed E-state index contributed by atoms with van der Waals surface area (Å²) in [5.41, 5.74) is 0.